The van der Waals surface area contributed by atoms with Gasteiger partial charge in [0.2, 0.25) is 5.95 Å². The molecule has 0 unspecified atom stereocenters. The number of nitrogens with zero attached hydrogens (tertiary/aromatic N) is 4. The van der Waals surface area contributed by atoms with Gasteiger partial charge in [-0.05, 0) is 66.6 Å². The molecule has 1 saturated heterocycles. The van der Waals surface area contributed by atoms with Crippen LogP contribution in [0, 0.1) is 6.92 Å². The van der Waals surface area contributed by atoms with E-state index in [2.05, 4.69) is 46.5 Å². The van der Waals surface area contributed by atoms with Gasteiger partial charge in [-0.3, -0.25) is 4.57 Å². The molecule has 0 bridgehead atoms. The first-order valence-corrected chi connectivity index (χ1v) is 12.4. The second-order valence-corrected chi connectivity index (χ2v) is 9.82. The number of aromatic nitrogens is 3. The van der Waals surface area contributed by atoms with E-state index in [0.29, 0.717) is 23.8 Å². The molecule has 1 fully saturated rings. The first-order valence-electron chi connectivity index (χ1n) is 11.4. The minimum absolute atomic E-state index is 0.329. The van der Waals surface area contributed by atoms with Gasteiger partial charge in [-0.2, -0.15) is 0 Å². The minimum Gasteiger partial charge on any atom is -0.467 e. The lowest BCUT2D eigenvalue weighted by Gasteiger charge is -2.17. The maximum atomic E-state index is 12.3. The normalized spacial score (nSPS) is 14.1. The Bertz CT molecular complexity index is 1320. The van der Waals surface area contributed by atoms with Crippen molar-refractivity contribution in [2.75, 3.05) is 18.0 Å². The predicted molar refractivity (Wildman–Crippen MR) is 130 cm³/mol. The molecule has 1 aliphatic rings. The molecule has 5 rings (SSSR count). The SMILES string of the molecule is Cc1cc2oc(=O)cc(CSc3nnc(N4CCCC4)n3Cc3ccco3)c2cc1C(C)C. The van der Waals surface area contributed by atoms with Crippen molar-refractivity contribution < 1.29 is 8.83 Å². The van der Waals surface area contributed by atoms with Crippen molar-refractivity contribution in [3.05, 3.63) is 69.5 Å². The number of thioether (sulfide) groups is 1. The van der Waals surface area contributed by atoms with Crippen LogP contribution in [0.5, 0.6) is 0 Å². The Balaban J connectivity index is 1.49. The lowest BCUT2D eigenvalue weighted by atomic mass is 9.95. The van der Waals surface area contributed by atoms with E-state index in [1.54, 1.807) is 24.1 Å². The zero-order chi connectivity index (χ0) is 22.9. The van der Waals surface area contributed by atoms with Crippen molar-refractivity contribution in [3.63, 3.8) is 0 Å². The van der Waals surface area contributed by atoms with Crippen molar-refractivity contribution in [2.45, 2.75) is 57.0 Å². The Labute approximate surface area is 196 Å². The second kappa shape index (κ2) is 9.09. The van der Waals surface area contributed by atoms with E-state index in [4.69, 9.17) is 8.83 Å². The van der Waals surface area contributed by atoms with Crippen LogP contribution in [0.25, 0.3) is 11.0 Å². The Morgan fingerprint density at radius 2 is 1.97 bits per heavy atom. The van der Waals surface area contributed by atoms with Gasteiger partial charge in [-0.15, -0.1) is 10.2 Å². The van der Waals surface area contributed by atoms with Crippen LogP contribution >= 0.6 is 11.8 Å². The lowest BCUT2D eigenvalue weighted by Crippen LogP contribution is -2.22. The van der Waals surface area contributed by atoms with Gasteiger partial charge in [-0.1, -0.05) is 25.6 Å². The number of aryl methyl sites for hydroxylation is 1. The van der Waals surface area contributed by atoms with E-state index in [1.165, 1.54) is 18.4 Å². The Kier molecular flexibility index (Phi) is 6.01. The molecular formula is C25H28N4O3S. The lowest BCUT2D eigenvalue weighted by molar-refractivity contribution is 0.483. The van der Waals surface area contributed by atoms with E-state index in [0.717, 1.165) is 46.5 Å². The Hall–Kier alpha value is -3.00. The number of benzene rings is 1. The summed E-state index contributed by atoms with van der Waals surface area (Å²) in [7, 11) is 0. The Morgan fingerprint density at radius 3 is 2.70 bits per heavy atom. The van der Waals surface area contributed by atoms with Crippen molar-refractivity contribution in [1.29, 1.82) is 0 Å². The molecule has 0 radical (unpaired) electrons. The average Bonchev–Trinajstić information content (AvgIpc) is 3.54. The zero-order valence-corrected chi connectivity index (χ0v) is 20.0. The fourth-order valence-corrected chi connectivity index (χ4v) is 5.43. The molecule has 8 heteroatoms. The van der Waals surface area contributed by atoms with Gasteiger partial charge >= 0.3 is 5.63 Å². The van der Waals surface area contributed by atoms with Crippen LogP contribution in [0.15, 0.2) is 55.4 Å². The molecule has 3 aromatic heterocycles. The smallest absolute Gasteiger partial charge is 0.336 e. The molecular weight excluding hydrogens is 436 g/mol. The van der Waals surface area contributed by atoms with Crippen LogP contribution in [-0.2, 0) is 12.3 Å². The molecule has 172 valence electrons. The maximum Gasteiger partial charge on any atom is 0.336 e. The Morgan fingerprint density at radius 1 is 1.15 bits per heavy atom. The number of anilines is 1. The molecule has 0 spiro atoms. The highest BCUT2D eigenvalue weighted by molar-refractivity contribution is 7.98. The van der Waals surface area contributed by atoms with Gasteiger partial charge in [-0.25, -0.2) is 4.79 Å². The number of hydrogen-bond acceptors (Lipinski definition) is 7. The molecule has 33 heavy (non-hydrogen) atoms. The highest BCUT2D eigenvalue weighted by Gasteiger charge is 2.22. The van der Waals surface area contributed by atoms with Gasteiger partial charge in [0, 0.05) is 30.3 Å². The molecule has 4 aromatic rings. The first-order chi connectivity index (χ1) is 16.0. The second-order valence-electron chi connectivity index (χ2n) is 8.88. The van der Waals surface area contributed by atoms with E-state index in [1.807, 2.05) is 18.2 Å². The summed E-state index contributed by atoms with van der Waals surface area (Å²) in [6.45, 7) is 8.97. The van der Waals surface area contributed by atoms with E-state index >= 15 is 0 Å². The van der Waals surface area contributed by atoms with Crippen LogP contribution in [0.4, 0.5) is 5.95 Å². The highest BCUT2D eigenvalue weighted by Crippen LogP contribution is 2.32. The fourth-order valence-electron chi connectivity index (χ4n) is 4.51. The van der Waals surface area contributed by atoms with Crippen molar-refractivity contribution >= 4 is 28.7 Å². The number of fused-ring (bicyclic) bond motifs is 1. The van der Waals surface area contributed by atoms with Crippen molar-refractivity contribution in [3.8, 4) is 0 Å². The number of hydrogen-bond donors (Lipinski definition) is 0. The molecule has 1 aromatic carbocycles. The minimum atomic E-state index is -0.329. The van der Waals surface area contributed by atoms with Crippen LogP contribution in [-0.4, -0.2) is 27.9 Å². The first kappa shape index (κ1) is 21.8. The van der Waals surface area contributed by atoms with E-state index in [-0.39, 0.29) is 5.63 Å². The van der Waals surface area contributed by atoms with Crippen LogP contribution in [0.2, 0.25) is 0 Å². The van der Waals surface area contributed by atoms with E-state index < -0.39 is 0 Å². The molecule has 0 aliphatic carbocycles. The number of rotatable bonds is 7. The summed E-state index contributed by atoms with van der Waals surface area (Å²) in [5, 5.41) is 10.8. The van der Waals surface area contributed by atoms with Gasteiger partial charge in [0.15, 0.2) is 5.16 Å². The third kappa shape index (κ3) is 4.44. The predicted octanol–water partition coefficient (Wildman–Crippen LogP) is 5.35. The topological polar surface area (TPSA) is 77.3 Å². The van der Waals surface area contributed by atoms with Crippen LogP contribution in [0.1, 0.15) is 55.1 Å². The summed E-state index contributed by atoms with van der Waals surface area (Å²) in [5.41, 5.74) is 3.65. The summed E-state index contributed by atoms with van der Waals surface area (Å²) in [5.74, 6) is 2.72. The van der Waals surface area contributed by atoms with Gasteiger partial charge < -0.3 is 13.7 Å². The molecule has 0 atom stereocenters. The molecule has 0 saturated carbocycles. The summed E-state index contributed by atoms with van der Waals surface area (Å²) < 4.78 is 13.2. The maximum absolute atomic E-state index is 12.3. The average molecular weight is 465 g/mol. The summed E-state index contributed by atoms with van der Waals surface area (Å²) in [6.07, 6.45) is 4.02. The van der Waals surface area contributed by atoms with Gasteiger partial charge in [0.05, 0.1) is 12.8 Å². The van der Waals surface area contributed by atoms with Crippen LogP contribution < -0.4 is 10.5 Å². The standard InChI is InChI=1S/C25H28N4O3S/c1-16(2)20-13-21-18(12-23(30)32-22(21)11-17(20)3)15-33-25-27-26-24(28-8-4-5-9-28)29(25)14-19-7-6-10-31-19/h6-7,10-13,16H,4-5,8-9,14-15H2,1-3H3. The highest BCUT2D eigenvalue weighted by atomic mass is 32.2. The zero-order valence-electron chi connectivity index (χ0n) is 19.2. The fraction of sp³-hybridized carbons (Fsp3) is 0.400. The van der Waals surface area contributed by atoms with Crippen molar-refractivity contribution in [2.24, 2.45) is 0 Å². The third-order valence-corrected chi connectivity index (χ3v) is 7.19. The summed E-state index contributed by atoms with van der Waals surface area (Å²) in [4.78, 5) is 14.6. The summed E-state index contributed by atoms with van der Waals surface area (Å²) >= 11 is 1.58. The third-order valence-electron chi connectivity index (χ3n) is 6.18. The van der Waals surface area contributed by atoms with E-state index in [9.17, 15) is 4.79 Å². The molecule has 7 nitrogen and oxygen atoms in total. The quantitative estimate of drug-likeness (QED) is 0.269. The van der Waals surface area contributed by atoms with Crippen molar-refractivity contribution in [1.82, 2.24) is 14.8 Å². The molecule has 4 heterocycles. The number of furan rings is 1. The molecule has 0 amide bonds. The van der Waals surface area contributed by atoms with Gasteiger partial charge in [0.1, 0.15) is 11.3 Å². The largest absolute Gasteiger partial charge is 0.467 e. The van der Waals surface area contributed by atoms with Crippen LogP contribution in [0.3, 0.4) is 0 Å². The molecule has 0 N–H and O–H groups in total. The van der Waals surface area contributed by atoms with Gasteiger partial charge in [0.25, 0.3) is 0 Å². The molecule has 1 aliphatic heterocycles. The monoisotopic (exact) mass is 464 g/mol. The summed E-state index contributed by atoms with van der Waals surface area (Å²) in [6, 6.07) is 9.60.